The molecule has 0 fully saturated rings. The molecule has 4 N–H and O–H groups in total. The predicted molar refractivity (Wildman–Crippen MR) is 136 cm³/mol. The van der Waals surface area contributed by atoms with E-state index in [4.69, 9.17) is 10.8 Å². The summed E-state index contributed by atoms with van der Waals surface area (Å²) in [6.07, 6.45) is -2.86. The van der Waals surface area contributed by atoms with Gasteiger partial charge in [0.25, 0.3) is 5.91 Å². The summed E-state index contributed by atoms with van der Waals surface area (Å²) in [6.45, 7) is 3.93. The summed E-state index contributed by atoms with van der Waals surface area (Å²) in [5.74, 6) is 0.0181. The van der Waals surface area contributed by atoms with Crippen LogP contribution in [0, 0.1) is 0 Å². The molecule has 0 unspecified atom stereocenters. The normalized spacial score (nSPS) is 13.7. The van der Waals surface area contributed by atoms with Crippen molar-refractivity contribution < 1.29 is 22.8 Å². The molecule has 0 saturated carbocycles. The molecule has 194 valence electrons. The third kappa shape index (κ3) is 4.47. The van der Waals surface area contributed by atoms with Crippen molar-refractivity contribution in [2.24, 2.45) is 5.73 Å². The van der Waals surface area contributed by atoms with Crippen LogP contribution in [0.25, 0.3) is 11.3 Å². The molecule has 1 aliphatic rings. The number of alkyl halides is 3. The number of aromatic nitrogens is 3. The van der Waals surface area contributed by atoms with Gasteiger partial charge in [-0.1, -0.05) is 30.3 Å². The smallest absolute Gasteiger partial charge is 0.365 e. The molecule has 2 aromatic carbocycles. The highest BCUT2D eigenvalue weighted by atomic mass is 19.4. The number of rotatable bonds is 5. The molecule has 3 heterocycles. The van der Waals surface area contributed by atoms with E-state index in [1.54, 1.807) is 35.1 Å². The first-order chi connectivity index (χ1) is 17.9. The van der Waals surface area contributed by atoms with Gasteiger partial charge >= 0.3 is 6.18 Å². The van der Waals surface area contributed by atoms with Crippen molar-refractivity contribution in [1.29, 1.82) is 0 Å². The third-order valence-corrected chi connectivity index (χ3v) is 6.45. The van der Waals surface area contributed by atoms with Gasteiger partial charge in [-0.3, -0.25) is 9.59 Å². The van der Waals surface area contributed by atoms with Crippen LogP contribution >= 0.6 is 0 Å². The van der Waals surface area contributed by atoms with E-state index in [1.807, 2.05) is 26.0 Å². The number of primary amides is 1. The fourth-order valence-electron chi connectivity index (χ4n) is 4.51. The molecule has 5 rings (SSSR count). The first-order valence-corrected chi connectivity index (χ1v) is 11.7. The zero-order chi connectivity index (χ0) is 27.2. The minimum absolute atomic E-state index is 0.0885. The highest BCUT2D eigenvalue weighted by Gasteiger charge is 2.38. The van der Waals surface area contributed by atoms with Crippen molar-refractivity contribution >= 4 is 29.1 Å². The lowest BCUT2D eigenvalue weighted by Gasteiger charge is -2.34. The van der Waals surface area contributed by atoms with Gasteiger partial charge in [-0.15, -0.1) is 0 Å². The number of amides is 2. The van der Waals surface area contributed by atoms with E-state index in [9.17, 15) is 22.8 Å². The Balaban J connectivity index is 1.37. The highest BCUT2D eigenvalue weighted by molar-refractivity contribution is 6.05. The number of carbonyl (C=O) groups excluding carboxylic acids is 2. The average molecular weight is 521 g/mol. The molecule has 0 spiro atoms. The molecule has 11 heteroatoms. The van der Waals surface area contributed by atoms with Gasteiger partial charge in [0.05, 0.1) is 17.5 Å². The minimum atomic E-state index is -4.43. The first kappa shape index (κ1) is 25.0. The Kier molecular flexibility index (Phi) is 5.93. The topological polar surface area (TPSA) is 115 Å². The molecular weight excluding hydrogens is 497 g/mol. The van der Waals surface area contributed by atoms with Gasteiger partial charge in [-0.25, -0.2) is 9.67 Å². The Morgan fingerprint density at radius 1 is 1.05 bits per heavy atom. The fourth-order valence-corrected chi connectivity index (χ4v) is 4.51. The number of nitrogens with two attached hydrogens (primary N) is 1. The molecular formula is C27H23F3N6O2. The van der Waals surface area contributed by atoms with Crippen LogP contribution in [0.1, 0.15) is 40.9 Å². The summed E-state index contributed by atoms with van der Waals surface area (Å²) in [4.78, 5) is 29.3. The van der Waals surface area contributed by atoms with Gasteiger partial charge in [0, 0.05) is 23.0 Å². The number of fused-ring (bicyclic) bond motifs is 2. The van der Waals surface area contributed by atoms with Crippen LogP contribution < -0.4 is 16.4 Å². The standard InChI is InChI=1S/C27H23F3N6O2/c1-26(2)19-4-3-13-32-24(19)34-25-21(23(31)38)22(35-36(25)26)16-7-11-18(12-8-16)33-20(37)14-15-5-9-17(10-6-15)27(28,29)30/h3-13H,14H2,1-2H3,(H2,31,38)(H,32,34)(H,33,37). The maximum absolute atomic E-state index is 12.7. The van der Waals surface area contributed by atoms with Crippen LogP contribution in [0.3, 0.4) is 0 Å². The summed E-state index contributed by atoms with van der Waals surface area (Å²) < 4.78 is 39.9. The molecule has 0 bridgehead atoms. The lowest BCUT2D eigenvalue weighted by molar-refractivity contribution is -0.137. The van der Waals surface area contributed by atoms with Crippen molar-refractivity contribution in [2.75, 3.05) is 10.6 Å². The maximum atomic E-state index is 12.7. The molecule has 0 aliphatic carbocycles. The van der Waals surface area contributed by atoms with Gasteiger partial charge in [0.1, 0.15) is 22.9 Å². The summed E-state index contributed by atoms with van der Waals surface area (Å²) in [6, 6.07) is 14.9. The zero-order valence-electron chi connectivity index (χ0n) is 20.4. The molecule has 2 amide bonds. The molecule has 1 aliphatic heterocycles. The monoisotopic (exact) mass is 520 g/mol. The number of nitrogens with zero attached hydrogens (tertiary/aromatic N) is 3. The Hall–Kier alpha value is -4.67. The summed E-state index contributed by atoms with van der Waals surface area (Å²) in [5.41, 5.74) is 7.41. The second-order valence-corrected chi connectivity index (χ2v) is 9.43. The Morgan fingerprint density at radius 2 is 1.74 bits per heavy atom. The number of hydrogen-bond acceptors (Lipinski definition) is 5. The summed E-state index contributed by atoms with van der Waals surface area (Å²) >= 11 is 0. The van der Waals surface area contributed by atoms with Gasteiger partial charge < -0.3 is 16.4 Å². The maximum Gasteiger partial charge on any atom is 0.416 e. The quantitative estimate of drug-likeness (QED) is 0.339. The largest absolute Gasteiger partial charge is 0.416 e. The first-order valence-electron chi connectivity index (χ1n) is 11.7. The van der Waals surface area contributed by atoms with E-state index in [-0.39, 0.29) is 17.9 Å². The zero-order valence-corrected chi connectivity index (χ0v) is 20.4. The number of anilines is 3. The fraction of sp³-hybridized carbons (Fsp3) is 0.185. The molecule has 0 saturated heterocycles. The number of pyridine rings is 1. The van der Waals surface area contributed by atoms with Crippen molar-refractivity contribution in [2.45, 2.75) is 32.0 Å². The molecule has 4 aromatic rings. The van der Waals surface area contributed by atoms with Gasteiger partial charge in [-0.05, 0) is 49.7 Å². The van der Waals surface area contributed by atoms with Crippen molar-refractivity contribution in [3.05, 3.63) is 89.1 Å². The van der Waals surface area contributed by atoms with E-state index < -0.39 is 23.2 Å². The predicted octanol–water partition coefficient (Wildman–Crippen LogP) is 5.08. The van der Waals surface area contributed by atoms with Crippen LogP contribution in [0.4, 0.5) is 30.5 Å². The van der Waals surface area contributed by atoms with Gasteiger partial charge in [0.2, 0.25) is 5.91 Å². The van der Waals surface area contributed by atoms with Crippen LogP contribution in [0.2, 0.25) is 0 Å². The van der Waals surface area contributed by atoms with Crippen LogP contribution in [-0.2, 0) is 22.9 Å². The number of carbonyl (C=O) groups is 2. The van der Waals surface area contributed by atoms with Crippen molar-refractivity contribution in [1.82, 2.24) is 14.8 Å². The summed E-state index contributed by atoms with van der Waals surface area (Å²) in [7, 11) is 0. The van der Waals surface area contributed by atoms with E-state index in [2.05, 4.69) is 15.6 Å². The van der Waals surface area contributed by atoms with Crippen LogP contribution in [-0.4, -0.2) is 26.6 Å². The molecule has 38 heavy (non-hydrogen) atoms. The number of halogens is 3. The van der Waals surface area contributed by atoms with Crippen LogP contribution in [0.5, 0.6) is 0 Å². The number of benzene rings is 2. The van der Waals surface area contributed by atoms with E-state index in [1.165, 1.54) is 12.1 Å². The molecule has 0 atom stereocenters. The van der Waals surface area contributed by atoms with E-state index >= 15 is 0 Å². The lowest BCUT2D eigenvalue weighted by Crippen LogP contribution is -2.35. The Labute approximate surface area is 215 Å². The highest BCUT2D eigenvalue weighted by Crippen LogP contribution is 2.42. The second-order valence-electron chi connectivity index (χ2n) is 9.43. The van der Waals surface area contributed by atoms with Gasteiger partial charge in [-0.2, -0.15) is 18.3 Å². The third-order valence-electron chi connectivity index (χ3n) is 6.45. The van der Waals surface area contributed by atoms with Crippen LogP contribution in [0.15, 0.2) is 66.9 Å². The molecule has 2 aromatic heterocycles. The molecule has 8 nitrogen and oxygen atoms in total. The average Bonchev–Trinajstić information content (AvgIpc) is 3.25. The summed E-state index contributed by atoms with van der Waals surface area (Å²) in [5, 5.41) is 10.6. The van der Waals surface area contributed by atoms with Crippen molar-refractivity contribution in [3.8, 4) is 11.3 Å². The minimum Gasteiger partial charge on any atom is -0.365 e. The van der Waals surface area contributed by atoms with Crippen molar-refractivity contribution in [3.63, 3.8) is 0 Å². The number of hydrogen-bond donors (Lipinski definition) is 3. The Morgan fingerprint density at radius 3 is 2.37 bits per heavy atom. The number of nitrogens with one attached hydrogen (secondary N) is 2. The van der Waals surface area contributed by atoms with E-state index in [0.29, 0.717) is 34.1 Å². The SMILES string of the molecule is CC1(C)c2cccnc2Nc2c(C(N)=O)c(-c3ccc(NC(=O)Cc4ccc(C(F)(F)F)cc4)cc3)nn21. The lowest BCUT2D eigenvalue weighted by atomic mass is 9.93. The van der Waals surface area contributed by atoms with E-state index in [0.717, 1.165) is 17.7 Å². The molecule has 0 radical (unpaired) electrons. The Bertz CT molecular complexity index is 1540. The second kappa shape index (κ2) is 9.02. The van der Waals surface area contributed by atoms with Gasteiger partial charge in [0.15, 0.2) is 0 Å².